The van der Waals surface area contributed by atoms with Gasteiger partial charge in [0.1, 0.15) is 7.85 Å². The van der Waals surface area contributed by atoms with Crippen molar-refractivity contribution < 1.29 is 0 Å². The summed E-state index contributed by atoms with van der Waals surface area (Å²) in [6.45, 7) is 6.02. The van der Waals surface area contributed by atoms with Gasteiger partial charge in [-0.25, -0.2) is 0 Å². The van der Waals surface area contributed by atoms with Gasteiger partial charge in [-0.15, -0.1) is 0 Å². The minimum Gasteiger partial charge on any atom is -0.371 e. The van der Waals surface area contributed by atoms with Crippen LogP contribution in [0.3, 0.4) is 0 Å². The van der Waals surface area contributed by atoms with Crippen LogP contribution in [-0.2, 0) is 0 Å². The van der Waals surface area contributed by atoms with Gasteiger partial charge in [-0.1, -0.05) is 29.2 Å². The summed E-state index contributed by atoms with van der Waals surface area (Å²) in [7, 11) is 5.85. The second-order valence-corrected chi connectivity index (χ2v) is 3.26. The lowest BCUT2D eigenvalue weighted by Crippen LogP contribution is -2.27. The molecule has 3 heteroatoms. The number of benzene rings is 1. The second-order valence-electron chi connectivity index (χ2n) is 2.85. The molecule has 0 aliphatic heterocycles. The molecule has 1 rings (SSSR count). The molecule has 0 fully saturated rings. The summed E-state index contributed by atoms with van der Waals surface area (Å²) in [5, 5.41) is 0.726. The highest BCUT2D eigenvalue weighted by molar-refractivity contribution is 6.41. The Morgan fingerprint density at radius 1 is 1.31 bits per heavy atom. The fraction of sp³-hybridized carbons (Fsp3) is 0.400. The molecule has 68 valence electrons. The smallest absolute Gasteiger partial charge is 0.116 e. The molecule has 0 aliphatic carbocycles. The molecule has 0 spiro atoms. The summed E-state index contributed by atoms with van der Waals surface area (Å²) in [5.74, 6) is 0. The second kappa shape index (κ2) is 4.57. The molecule has 0 aliphatic rings. The van der Waals surface area contributed by atoms with Crippen LogP contribution < -0.4 is 10.4 Å². The monoisotopic (exact) mass is 193 g/mol. The number of hydrogen-bond acceptors (Lipinski definition) is 1. The van der Waals surface area contributed by atoms with E-state index < -0.39 is 0 Å². The van der Waals surface area contributed by atoms with Crippen molar-refractivity contribution in [1.82, 2.24) is 0 Å². The average Bonchev–Trinajstić information content (AvgIpc) is 2.11. The Kier molecular flexibility index (Phi) is 3.67. The molecule has 2 radical (unpaired) electrons. The largest absolute Gasteiger partial charge is 0.371 e. The highest BCUT2D eigenvalue weighted by atomic mass is 35.5. The predicted molar refractivity (Wildman–Crippen MR) is 60.4 cm³/mol. The summed E-state index contributed by atoms with van der Waals surface area (Å²) < 4.78 is 0. The third kappa shape index (κ3) is 2.19. The highest BCUT2D eigenvalue weighted by Gasteiger charge is 2.08. The zero-order valence-corrected chi connectivity index (χ0v) is 8.80. The van der Waals surface area contributed by atoms with Crippen molar-refractivity contribution in [2.75, 3.05) is 18.0 Å². The molecular weight excluding hydrogens is 180 g/mol. The van der Waals surface area contributed by atoms with Gasteiger partial charge in [-0.3, -0.25) is 0 Å². The van der Waals surface area contributed by atoms with Crippen LogP contribution in [0.25, 0.3) is 0 Å². The van der Waals surface area contributed by atoms with E-state index in [0.717, 1.165) is 29.3 Å². The Hall–Kier alpha value is -0.625. The highest BCUT2D eigenvalue weighted by Crippen LogP contribution is 2.22. The van der Waals surface area contributed by atoms with Crippen LogP contribution in [0.1, 0.15) is 13.8 Å². The van der Waals surface area contributed by atoms with E-state index in [9.17, 15) is 0 Å². The Morgan fingerprint density at radius 3 is 2.38 bits per heavy atom. The summed E-state index contributed by atoms with van der Waals surface area (Å²) in [4.78, 5) is 2.15. The molecule has 0 saturated carbocycles. The van der Waals surface area contributed by atoms with Crippen LogP contribution in [-0.4, -0.2) is 20.9 Å². The minimum absolute atomic E-state index is 0.726. The maximum atomic E-state index is 6.06. The van der Waals surface area contributed by atoms with Gasteiger partial charge in [-0.2, -0.15) is 0 Å². The van der Waals surface area contributed by atoms with Crippen molar-refractivity contribution in [3.05, 3.63) is 23.2 Å². The number of para-hydroxylation sites is 1. The lowest BCUT2D eigenvalue weighted by molar-refractivity contribution is 0.869. The van der Waals surface area contributed by atoms with E-state index in [2.05, 4.69) is 18.7 Å². The van der Waals surface area contributed by atoms with E-state index in [1.54, 1.807) is 0 Å². The normalized spacial score (nSPS) is 10.1. The average molecular weight is 193 g/mol. The van der Waals surface area contributed by atoms with E-state index in [-0.39, 0.29) is 0 Å². The van der Waals surface area contributed by atoms with Crippen LogP contribution >= 0.6 is 11.6 Å². The molecule has 0 saturated heterocycles. The first kappa shape index (κ1) is 10.5. The molecule has 0 unspecified atom stereocenters. The summed E-state index contributed by atoms with van der Waals surface area (Å²) in [6.07, 6.45) is 0. The minimum atomic E-state index is 0.726. The molecule has 0 aromatic heterocycles. The summed E-state index contributed by atoms with van der Waals surface area (Å²) in [6, 6.07) is 5.61. The van der Waals surface area contributed by atoms with Crippen LogP contribution in [0.15, 0.2) is 18.2 Å². The lowest BCUT2D eigenvalue weighted by atomic mass is 9.93. The summed E-state index contributed by atoms with van der Waals surface area (Å²) in [5.41, 5.74) is 1.70. The van der Waals surface area contributed by atoms with E-state index in [0.29, 0.717) is 0 Å². The fourth-order valence-electron chi connectivity index (χ4n) is 1.41. The Bertz CT molecular complexity index is 264. The first-order chi connectivity index (χ1) is 6.20. The van der Waals surface area contributed by atoms with Gasteiger partial charge in [0.15, 0.2) is 0 Å². The van der Waals surface area contributed by atoms with E-state index >= 15 is 0 Å². The van der Waals surface area contributed by atoms with Crippen LogP contribution in [0.4, 0.5) is 5.69 Å². The first-order valence-corrected chi connectivity index (χ1v) is 4.87. The van der Waals surface area contributed by atoms with E-state index in [1.165, 1.54) is 0 Å². The van der Waals surface area contributed by atoms with Gasteiger partial charge in [0.05, 0.1) is 5.02 Å². The van der Waals surface area contributed by atoms with Gasteiger partial charge >= 0.3 is 0 Å². The van der Waals surface area contributed by atoms with Crippen molar-refractivity contribution in [3.63, 3.8) is 0 Å². The van der Waals surface area contributed by atoms with E-state index in [1.807, 2.05) is 18.2 Å². The van der Waals surface area contributed by atoms with Gasteiger partial charge < -0.3 is 4.90 Å². The Balaban J connectivity index is 3.10. The molecule has 0 amide bonds. The third-order valence-corrected chi connectivity index (χ3v) is 2.40. The van der Waals surface area contributed by atoms with Crippen molar-refractivity contribution >= 4 is 30.6 Å². The maximum Gasteiger partial charge on any atom is 0.116 e. The van der Waals surface area contributed by atoms with Crippen molar-refractivity contribution in [2.24, 2.45) is 0 Å². The molecule has 0 bridgehead atoms. The van der Waals surface area contributed by atoms with Gasteiger partial charge in [0.2, 0.25) is 0 Å². The predicted octanol–water partition coefficient (Wildman–Crippen LogP) is 1.98. The van der Waals surface area contributed by atoms with E-state index in [4.69, 9.17) is 19.4 Å². The Labute approximate surface area is 86.1 Å². The van der Waals surface area contributed by atoms with Crippen LogP contribution in [0, 0.1) is 0 Å². The summed E-state index contributed by atoms with van der Waals surface area (Å²) >= 11 is 6.06. The van der Waals surface area contributed by atoms with Crippen molar-refractivity contribution in [2.45, 2.75) is 13.8 Å². The fourth-order valence-corrected chi connectivity index (χ4v) is 1.71. The van der Waals surface area contributed by atoms with Crippen LogP contribution in [0.5, 0.6) is 0 Å². The molecule has 1 nitrogen and oxygen atoms in total. The number of anilines is 1. The number of nitrogens with zero attached hydrogens (tertiary/aromatic N) is 1. The molecule has 0 atom stereocenters. The number of halogens is 1. The molecule has 13 heavy (non-hydrogen) atoms. The van der Waals surface area contributed by atoms with Gasteiger partial charge in [0, 0.05) is 18.8 Å². The quantitative estimate of drug-likeness (QED) is 0.664. The van der Waals surface area contributed by atoms with Crippen molar-refractivity contribution in [1.29, 1.82) is 0 Å². The topological polar surface area (TPSA) is 3.24 Å². The number of rotatable bonds is 3. The lowest BCUT2D eigenvalue weighted by Gasteiger charge is -2.24. The van der Waals surface area contributed by atoms with Gasteiger partial charge in [-0.05, 0) is 19.9 Å². The molecule has 1 aromatic rings. The maximum absolute atomic E-state index is 6.06. The van der Waals surface area contributed by atoms with Crippen molar-refractivity contribution in [3.8, 4) is 0 Å². The third-order valence-electron chi connectivity index (χ3n) is 2.10. The molecular formula is C10H13BClN. The zero-order chi connectivity index (χ0) is 9.84. The number of hydrogen-bond donors (Lipinski definition) is 0. The SMILES string of the molecule is [B]c1cccc(Cl)c1N(CC)CC. The van der Waals surface area contributed by atoms with Crippen LogP contribution in [0.2, 0.25) is 5.02 Å². The Morgan fingerprint density at radius 2 is 1.92 bits per heavy atom. The zero-order valence-electron chi connectivity index (χ0n) is 8.05. The molecule has 0 heterocycles. The molecule has 0 N–H and O–H groups in total. The first-order valence-electron chi connectivity index (χ1n) is 4.49. The molecule has 1 aromatic carbocycles. The standard InChI is InChI=1S/C10H13BClN/c1-3-13(4-2)10-8(11)6-5-7-9(10)12/h5-7H,3-4H2,1-2H3. The van der Waals surface area contributed by atoms with Gasteiger partial charge in [0.25, 0.3) is 0 Å².